The lowest BCUT2D eigenvalue weighted by molar-refractivity contribution is -0.144. The molecule has 2 heterocycles. The molecule has 0 N–H and O–H groups in total. The number of methoxy groups -OCH3 is 1. The molecule has 0 spiro atoms. The Hall–Kier alpha value is -1.91. The van der Waals surface area contributed by atoms with Crippen molar-refractivity contribution in [3.05, 3.63) is 30.2 Å². The van der Waals surface area contributed by atoms with Crippen LogP contribution in [-0.2, 0) is 9.53 Å². The molecule has 0 aromatic carbocycles. The third kappa shape index (κ3) is 2.75. The number of allylic oxidation sites excluding steroid dienone is 1. The highest BCUT2D eigenvalue weighted by Crippen LogP contribution is 2.25. The van der Waals surface area contributed by atoms with Crippen molar-refractivity contribution in [2.75, 3.05) is 25.1 Å². The summed E-state index contributed by atoms with van der Waals surface area (Å²) in [5, 5.41) is 0. The number of hydrogen-bond acceptors (Lipinski definition) is 4. The molecule has 0 amide bonds. The molecular formula is C14H17FN2O2. The van der Waals surface area contributed by atoms with Gasteiger partial charge in [0.25, 0.3) is 0 Å². The molecule has 0 radical (unpaired) electrons. The fourth-order valence-corrected chi connectivity index (χ4v) is 2.24. The lowest BCUT2D eigenvalue weighted by Gasteiger charge is -2.17. The summed E-state index contributed by atoms with van der Waals surface area (Å²) in [6.45, 7) is 6.64. The Morgan fingerprint density at radius 1 is 1.63 bits per heavy atom. The van der Waals surface area contributed by atoms with Gasteiger partial charge in [0, 0.05) is 30.9 Å². The topological polar surface area (TPSA) is 42.4 Å². The SMILES string of the molecule is C=C(C)c1cnc(N2CC[C@H](C(=O)OC)C2)cc1F. The number of hydrogen-bond donors (Lipinski definition) is 0. The number of halogens is 1. The molecule has 19 heavy (non-hydrogen) atoms. The lowest BCUT2D eigenvalue weighted by atomic mass is 10.1. The maximum absolute atomic E-state index is 13.9. The van der Waals surface area contributed by atoms with Crippen LogP contribution in [0.5, 0.6) is 0 Å². The van der Waals surface area contributed by atoms with Crippen molar-refractivity contribution >= 4 is 17.4 Å². The zero-order valence-corrected chi connectivity index (χ0v) is 11.1. The number of carbonyl (C=O) groups is 1. The predicted molar refractivity (Wildman–Crippen MR) is 71.2 cm³/mol. The molecular weight excluding hydrogens is 247 g/mol. The van der Waals surface area contributed by atoms with E-state index in [1.165, 1.54) is 19.4 Å². The minimum Gasteiger partial charge on any atom is -0.469 e. The number of rotatable bonds is 3. The van der Waals surface area contributed by atoms with Crippen LogP contribution in [0.4, 0.5) is 10.2 Å². The Morgan fingerprint density at radius 2 is 2.37 bits per heavy atom. The van der Waals surface area contributed by atoms with Gasteiger partial charge in [0.05, 0.1) is 13.0 Å². The molecule has 0 bridgehead atoms. The first-order valence-corrected chi connectivity index (χ1v) is 6.17. The minimum absolute atomic E-state index is 0.157. The third-order valence-corrected chi connectivity index (χ3v) is 3.35. The number of aromatic nitrogens is 1. The normalized spacial score (nSPS) is 18.5. The highest BCUT2D eigenvalue weighted by molar-refractivity contribution is 5.74. The number of pyridine rings is 1. The van der Waals surface area contributed by atoms with Gasteiger partial charge in [-0.1, -0.05) is 6.58 Å². The second-order valence-electron chi connectivity index (χ2n) is 4.76. The van der Waals surface area contributed by atoms with E-state index < -0.39 is 0 Å². The van der Waals surface area contributed by atoms with Crippen LogP contribution in [0, 0.1) is 11.7 Å². The Balaban J connectivity index is 2.14. The maximum Gasteiger partial charge on any atom is 0.310 e. The van der Waals surface area contributed by atoms with Gasteiger partial charge in [-0.2, -0.15) is 0 Å². The van der Waals surface area contributed by atoms with E-state index in [0.29, 0.717) is 36.5 Å². The Kier molecular flexibility index (Phi) is 3.83. The number of esters is 1. The highest BCUT2D eigenvalue weighted by atomic mass is 19.1. The quantitative estimate of drug-likeness (QED) is 0.785. The molecule has 0 aliphatic carbocycles. The second kappa shape index (κ2) is 5.38. The van der Waals surface area contributed by atoms with E-state index in [1.807, 2.05) is 4.90 Å². The summed E-state index contributed by atoms with van der Waals surface area (Å²) >= 11 is 0. The average molecular weight is 264 g/mol. The van der Waals surface area contributed by atoms with E-state index in [4.69, 9.17) is 4.74 Å². The molecule has 1 aliphatic rings. The summed E-state index contributed by atoms with van der Waals surface area (Å²) in [5.74, 6) is -0.162. The Labute approximate surface area is 111 Å². The smallest absolute Gasteiger partial charge is 0.310 e. The lowest BCUT2D eigenvalue weighted by Crippen LogP contribution is -2.24. The molecule has 4 nitrogen and oxygen atoms in total. The van der Waals surface area contributed by atoms with Gasteiger partial charge in [-0.3, -0.25) is 4.79 Å². The summed E-state index contributed by atoms with van der Waals surface area (Å²) in [7, 11) is 1.38. The van der Waals surface area contributed by atoms with Crippen LogP contribution in [0.1, 0.15) is 18.9 Å². The summed E-state index contributed by atoms with van der Waals surface area (Å²) in [5.41, 5.74) is 1.07. The Morgan fingerprint density at radius 3 is 2.95 bits per heavy atom. The van der Waals surface area contributed by atoms with E-state index in [1.54, 1.807) is 6.92 Å². The third-order valence-electron chi connectivity index (χ3n) is 3.35. The molecule has 0 saturated carbocycles. The van der Waals surface area contributed by atoms with Crippen molar-refractivity contribution < 1.29 is 13.9 Å². The van der Waals surface area contributed by atoms with Gasteiger partial charge >= 0.3 is 5.97 Å². The fraction of sp³-hybridized carbons (Fsp3) is 0.429. The first-order valence-electron chi connectivity index (χ1n) is 6.17. The molecule has 2 rings (SSSR count). The van der Waals surface area contributed by atoms with E-state index in [2.05, 4.69) is 11.6 Å². The zero-order valence-electron chi connectivity index (χ0n) is 11.1. The molecule has 1 fully saturated rings. The van der Waals surface area contributed by atoms with Gasteiger partial charge in [-0.05, 0) is 18.9 Å². The first-order chi connectivity index (χ1) is 9.02. The van der Waals surface area contributed by atoms with Crippen molar-refractivity contribution in [1.82, 2.24) is 4.98 Å². The van der Waals surface area contributed by atoms with Crippen LogP contribution in [-0.4, -0.2) is 31.2 Å². The van der Waals surface area contributed by atoms with Crippen LogP contribution in [0.3, 0.4) is 0 Å². The number of ether oxygens (including phenoxy) is 1. The Bertz CT molecular complexity index is 516. The van der Waals surface area contributed by atoms with Gasteiger partial charge in [-0.25, -0.2) is 9.37 Å². The molecule has 1 aromatic heterocycles. The number of carbonyl (C=O) groups excluding carboxylic acids is 1. The average Bonchev–Trinajstić information content (AvgIpc) is 2.86. The molecule has 1 aliphatic heterocycles. The monoisotopic (exact) mass is 264 g/mol. The maximum atomic E-state index is 13.9. The van der Waals surface area contributed by atoms with Crippen molar-refractivity contribution in [2.24, 2.45) is 5.92 Å². The van der Waals surface area contributed by atoms with Crippen LogP contribution in [0.15, 0.2) is 18.8 Å². The standard InChI is InChI=1S/C14H17FN2O2/c1-9(2)11-7-16-13(6-12(11)15)17-5-4-10(8-17)14(18)19-3/h6-7,10H,1,4-5,8H2,2-3H3/t10-/m0/s1. The van der Waals surface area contributed by atoms with E-state index in [9.17, 15) is 9.18 Å². The molecule has 102 valence electrons. The van der Waals surface area contributed by atoms with Crippen molar-refractivity contribution in [2.45, 2.75) is 13.3 Å². The van der Waals surface area contributed by atoms with Crippen molar-refractivity contribution in [3.63, 3.8) is 0 Å². The zero-order chi connectivity index (χ0) is 14.0. The molecule has 1 atom stereocenters. The predicted octanol–water partition coefficient (Wildman–Crippen LogP) is 2.25. The summed E-state index contributed by atoms with van der Waals surface area (Å²) in [6.07, 6.45) is 2.19. The van der Waals surface area contributed by atoms with Crippen molar-refractivity contribution in [1.29, 1.82) is 0 Å². The number of nitrogens with zero attached hydrogens (tertiary/aromatic N) is 2. The van der Waals surface area contributed by atoms with E-state index >= 15 is 0 Å². The van der Waals surface area contributed by atoms with Crippen LogP contribution >= 0.6 is 0 Å². The summed E-state index contributed by atoms with van der Waals surface area (Å²) in [4.78, 5) is 17.6. The largest absolute Gasteiger partial charge is 0.469 e. The minimum atomic E-state index is -0.334. The van der Waals surface area contributed by atoms with Gasteiger partial charge in [-0.15, -0.1) is 0 Å². The molecule has 1 aromatic rings. The van der Waals surface area contributed by atoms with E-state index in [-0.39, 0.29) is 17.7 Å². The highest BCUT2D eigenvalue weighted by Gasteiger charge is 2.30. The second-order valence-corrected chi connectivity index (χ2v) is 4.76. The number of anilines is 1. The van der Waals surface area contributed by atoms with Crippen LogP contribution in [0.25, 0.3) is 5.57 Å². The van der Waals surface area contributed by atoms with Crippen molar-refractivity contribution in [3.8, 4) is 0 Å². The van der Waals surface area contributed by atoms with Crippen LogP contribution < -0.4 is 4.90 Å². The fourth-order valence-electron chi connectivity index (χ4n) is 2.24. The van der Waals surface area contributed by atoms with Gasteiger partial charge in [0.1, 0.15) is 11.6 Å². The van der Waals surface area contributed by atoms with Crippen LogP contribution in [0.2, 0.25) is 0 Å². The van der Waals surface area contributed by atoms with E-state index in [0.717, 1.165) is 0 Å². The van der Waals surface area contributed by atoms with Gasteiger partial charge in [0.2, 0.25) is 0 Å². The summed E-state index contributed by atoms with van der Waals surface area (Å²) in [6, 6.07) is 1.39. The first kappa shape index (κ1) is 13.5. The molecule has 1 saturated heterocycles. The molecule has 0 unspecified atom stereocenters. The molecule has 5 heteroatoms. The van der Waals surface area contributed by atoms with Gasteiger partial charge < -0.3 is 9.64 Å². The summed E-state index contributed by atoms with van der Waals surface area (Å²) < 4.78 is 18.6. The van der Waals surface area contributed by atoms with Gasteiger partial charge in [0.15, 0.2) is 0 Å².